The first-order valence-electron chi connectivity index (χ1n) is 5.68. The second kappa shape index (κ2) is 4.37. The van der Waals surface area contributed by atoms with E-state index in [4.69, 9.17) is 0 Å². The Morgan fingerprint density at radius 3 is 2.69 bits per heavy atom. The van der Waals surface area contributed by atoms with Crippen molar-refractivity contribution in [1.29, 1.82) is 0 Å². The first-order valence-corrected chi connectivity index (χ1v) is 5.68. The molecule has 0 aromatic carbocycles. The fourth-order valence-electron chi connectivity index (χ4n) is 2.04. The number of nitrogens with zero attached hydrogens (tertiary/aromatic N) is 2. The molecule has 16 heavy (non-hydrogen) atoms. The number of rotatable bonds is 3. The lowest BCUT2D eigenvalue weighted by Gasteiger charge is -2.31. The molecular weight excluding hydrogens is 207 g/mol. The van der Waals surface area contributed by atoms with Crippen LogP contribution in [0.5, 0.6) is 0 Å². The molecule has 3 nitrogen and oxygen atoms in total. The van der Waals surface area contributed by atoms with Crippen LogP contribution in [-0.2, 0) is 6.42 Å². The van der Waals surface area contributed by atoms with Crippen LogP contribution in [0.1, 0.15) is 25.5 Å². The molecule has 1 aliphatic rings. The third-order valence-corrected chi connectivity index (χ3v) is 2.99. The minimum atomic E-state index is 0.0273. The van der Waals surface area contributed by atoms with Gasteiger partial charge in [0.2, 0.25) is 0 Å². The van der Waals surface area contributed by atoms with E-state index in [0.717, 1.165) is 17.1 Å². The quantitative estimate of drug-likeness (QED) is 0.731. The summed E-state index contributed by atoms with van der Waals surface area (Å²) in [6.45, 7) is 5.00. The molecule has 0 radical (unpaired) electrons. The summed E-state index contributed by atoms with van der Waals surface area (Å²) in [7, 11) is 0. The molecule has 1 fully saturated rings. The van der Waals surface area contributed by atoms with Crippen molar-refractivity contribution in [2.24, 2.45) is 5.92 Å². The van der Waals surface area contributed by atoms with Crippen molar-refractivity contribution in [2.45, 2.75) is 26.3 Å². The molecule has 0 saturated carbocycles. The van der Waals surface area contributed by atoms with Gasteiger partial charge >= 0.3 is 0 Å². The second-order valence-electron chi connectivity index (χ2n) is 4.77. The number of hydrogen-bond acceptors (Lipinski definition) is 2. The van der Waals surface area contributed by atoms with Gasteiger partial charge in [-0.3, -0.25) is 4.79 Å². The van der Waals surface area contributed by atoms with Crippen LogP contribution in [0.2, 0.25) is 0 Å². The largest absolute Gasteiger partial charge is 0.313 e. The lowest BCUT2D eigenvalue weighted by Crippen LogP contribution is -2.42. The maximum absolute atomic E-state index is 12.5. The monoisotopic (exact) mass is 224 g/mol. The summed E-state index contributed by atoms with van der Waals surface area (Å²) in [5.74, 6) is 0.392. The van der Waals surface area contributed by atoms with Gasteiger partial charge in [0, 0.05) is 31.4 Å². The Morgan fingerprint density at radius 1 is 1.44 bits per heavy atom. The highest BCUT2D eigenvalue weighted by Crippen LogP contribution is 2.20. The van der Waals surface area contributed by atoms with Gasteiger partial charge in [0.05, 0.1) is 0 Å². The molecule has 1 saturated heterocycles. The third-order valence-electron chi connectivity index (χ3n) is 2.99. The van der Waals surface area contributed by atoms with E-state index in [9.17, 15) is 9.28 Å². The lowest BCUT2D eigenvalue weighted by atomic mass is 9.95. The maximum atomic E-state index is 12.5. The Balaban J connectivity index is 2.10. The van der Waals surface area contributed by atoms with E-state index < -0.39 is 0 Å². The molecular formula is C12H17FN2O. The summed E-state index contributed by atoms with van der Waals surface area (Å²) in [4.78, 5) is 11.5. The zero-order valence-corrected chi connectivity index (χ0v) is 9.69. The smallest absolute Gasteiger partial charge is 0.250 e. The molecule has 2 rings (SSSR count). The van der Waals surface area contributed by atoms with Crippen LogP contribution in [-0.4, -0.2) is 22.8 Å². The Hall–Kier alpha value is -1.16. The first-order chi connectivity index (χ1) is 7.56. The molecule has 0 aliphatic carbocycles. The van der Waals surface area contributed by atoms with E-state index >= 15 is 0 Å². The van der Waals surface area contributed by atoms with E-state index in [1.807, 2.05) is 26.1 Å². The van der Waals surface area contributed by atoms with Crippen molar-refractivity contribution in [3.05, 3.63) is 34.2 Å². The average molecular weight is 224 g/mol. The molecule has 0 N–H and O–H groups in total. The summed E-state index contributed by atoms with van der Waals surface area (Å²) in [6.07, 6.45) is 2.75. The highest BCUT2D eigenvalue weighted by atomic mass is 19.2. The number of pyridine rings is 1. The number of hydrogen-bond donors (Lipinski definition) is 0. The SMILES string of the molecule is CC(C)n1cc(CC2CN(F)C2)ccc1=O. The highest BCUT2D eigenvalue weighted by Gasteiger charge is 2.26. The molecule has 1 aromatic rings. The fourth-order valence-corrected chi connectivity index (χ4v) is 2.04. The van der Waals surface area contributed by atoms with Crippen LogP contribution < -0.4 is 5.56 Å². The van der Waals surface area contributed by atoms with Gasteiger partial charge in [-0.2, -0.15) is 0 Å². The zero-order chi connectivity index (χ0) is 11.7. The summed E-state index contributed by atoms with van der Waals surface area (Å²) >= 11 is 0. The summed E-state index contributed by atoms with van der Waals surface area (Å²) in [5.41, 5.74) is 1.14. The van der Waals surface area contributed by atoms with Gasteiger partial charge in [-0.15, -0.1) is 9.60 Å². The van der Waals surface area contributed by atoms with Gasteiger partial charge in [-0.25, -0.2) is 0 Å². The molecule has 0 unspecified atom stereocenters. The van der Waals surface area contributed by atoms with E-state index in [-0.39, 0.29) is 11.6 Å². The van der Waals surface area contributed by atoms with E-state index in [0.29, 0.717) is 19.0 Å². The van der Waals surface area contributed by atoms with Crippen molar-refractivity contribution >= 4 is 0 Å². The number of aromatic nitrogens is 1. The molecule has 88 valence electrons. The van der Waals surface area contributed by atoms with Gasteiger partial charge in [-0.05, 0) is 31.7 Å². The zero-order valence-electron chi connectivity index (χ0n) is 9.69. The van der Waals surface area contributed by atoms with E-state index in [2.05, 4.69) is 0 Å². The Kier molecular flexibility index (Phi) is 3.10. The number of halogens is 1. The summed E-state index contributed by atoms with van der Waals surface area (Å²) in [6, 6.07) is 3.62. The normalized spacial score (nSPS) is 17.8. The average Bonchev–Trinajstić information content (AvgIpc) is 2.18. The molecule has 0 bridgehead atoms. The lowest BCUT2D eigenvalue weighted by molar-refractivity contribution is -0.0767. The molecule has 1 aromatic heterocycles. The first kappa shape index (κ1) is 11.3. The van der Waals surface area contributed by atoms with Crippen LogP contribution in [0.4, 0.5) is 4.48 Å². The summed E-state index contributed by atoms with van der Waals surface area (Å²) < 4.78 is 14.2. The van der Waals surface area contributed by atoms with Gasteiger partial charge in [0.1, 0.15) is 0 Å². The van der Waals surface area contributed by atoms with Crippen LogP contribution in [0.25, 0.3) is 0 Å². The minimum absolute atomic E-state index is 0.0273. The standard InChI is InChI=1S/C12H17FN2O/c1-9(2)15-8-10(3-4-12(15)16)5-11-6-14(13)7-11/h3-4,8-9,11H,5-7H2,1-2H3. The molecule has 0 spiro atoms. The van der Waals surface area contributed by atoms with Crippen LogP contribution in [0.3, 0.4) is 0 Å². The molecule has 1 aliphatic heterocycles. The highest BCUT2D eigenvalue weighted by molar-refractivity contribution is 5.12. The van der Waals surface area contributed by atoms with Gasteiger partial charge in [0.15, 0.2) is 0 Å². The minimum Gasteiger partial charge on any atom is -0.313 e. The molecule has 4 heteroatoms. The van der Waals surface area contributed by atoms with E-state index in [1.54, 1.807) is 10.6 Å². The Labute approximate surface area is 94.4 Å². The maximum Gasteiger partial charge on any atom is 0.250 e. The summed E-state index contributed by atoms with van der Waals surface area (Å²) in [5, 5.41) is 0.823. The van der Waals surface area contributed by atoms with E-state index in [1.165, 1.54) is 0 Å². The van der Waals surface area contributed by atoms with Crippen molar-refractivity contribution in [2.75, 3.05) is 13.1 Å². The molecule has 0 atom stereocenters. The van der Waals surface area contributed by atoms with Crippen molar-refractivity contribution < 1.29 is 4.48 Å². The van der Waals surface area contributed by atoms with Gasteiger partial charge in [0.25, 0.3) is 5.56 Å². The van der Waals surface area contributed by atoms with Crippen molar-refractivity contribution in [3.8, 4) is 0 Å². The Bertz CT molecular complexity index is 421. The third kappa shape index (κ3) is 2.32. The van der Waals surface area contributed by atoms with Gasteiger partial charge in [-0.1, -0.05) is 6.07 Å². The van der Waals surface area contributed by atoms with Crippen molar-refractivity contribution in [1.82, 2.24) is 9.69 Å². The fraction of sp³-hybridized carbons (Fsp3) is 0.583. The molecule has 2 heterocycles. The Morgan fingerprint density at radius 2 is 2.12 bits per heavy atom. The van der Waals surface area contributed by atoms with Crippen LogP contribution in [0.15, 0.2) is 23.1 Å². The second-order valence-corrected chi connectivity index (χ2v) is 4.77. The molecule has 0 amide bonds. The van der Waals surface area contributed by atoms with Crippen molar-refractivity contribution in [3.63, 3.8) is 0 Å². The predicted molar refractivity (Wildman–Crippen MR) is 61.0 cm³/mol. The van der Waals surface area contributed by atoms with Crippen LogP contribution >= 0.6 is 0 Å². The van der Waals surface area contributed by atoms with Gasteiger partial charge < -0.3 is 4.57 Å². The topological polar surface area (TPSA) is 25.2 Å². The predicted octanol–water partition coefficient (Wildman–Crippen LogP) is 1.79. The van der Waals surface area contributed by atoms with Crippen LogP contribution in [0, 0.1) is 5.92 Å².